The molecule has 4 nitrogen and oxygen atoms in total. The minimum atomic E-state index is -0.178. The van der Waals surface area contributed by atoms with E-state index in [1.165, 1.54) is 83.5 Å². The normalized spacial score (nSPS) is 16.1. The first-order valence-electron chi connectivity index (χ1n) is 12.9. The van der Waals surface area contributed by atoms with E-state index in [0.717, 1.165) is 18.5 Å². The van der Waals surface area contributed by atoms with Crippen LogP contribution in [0.4, 0.5) is 4.79 Å². The van der Waals surface area contributed by atoms with Gasteiger partial charge in [0, 0.05) is 6.54 Å². The van der Waals surface area contributed by atoms with Crippen molar-refractivity contribution in [2.75, 3.05) is 19.7 Å². The fourth-order valence-electron chi connectivity index (χ4n) is 4.22. The summed E-state index contributed by atoms with van der Waals surface area (Å²) in [7, 11) is 0. The maximum Gasteiger partial charge on any atom is 0.410 e. The van der Waals surface area contributed by atoms with Gasteiger partial charge in [-0.3, -0.25) is 0 Å². The number of hydrogen-bond acceptors (Lipinski definition) is 3. The molecular weight excluding hydrogens is 386 g/mol. The average Bonchev–Trinajstić information content (AvgIpc) is 3.14. The van der Waals surface area contributed by atoms with Gasteiger partial charge in [-0.25, -0.2) is 4.79 Å². The van der Waals surface area contributed by atoms with Crippen molar-refractivity contribution in [3.8, 4) is 0 Å². The summed E-state index contributed by atoms with van der Waals surface area (Å²) >= 11 is 0. The number of amides is 1. The van der Waals surface area contributed by atoms with Crippen LogP contribution in [-0.4, -0.2) is 36.8 Å². The van der Waals surface area contributed by atoms with E-state index in [-0.39, 0.29) is 12.2 Å². The van der Waals surface area contributed by atoms with Crippen LogP contribution in [0, 0.1) is 0 Å². The number of ether oxygens (including phenoxy) is 2. The van der Waals surface area contributed by atoms with Crippen LogP contribution < -0.4 is 0 Å². The van der Waals surface area contributed by atoms with Crippen LogP contribution in [0.25, 0.3) is 0 Å². The van der Waals surface area contributed by atoms with Crippen molar-refractivity contribution >= 4 is 6.09 Å². The molecule has 1 fully saturated rings. The first-order valence-corrected chi connectivity index (χ1v) is 12.9. The summed E-state index contributed by atoms with van der Waals surface area (Å²) in [4.78, 5) is 13.9. The Kier molecular flexibility index (Phi) is 14.1. The Balaban J connectivity index is 1.37. The van der Waals surface area contributed by atoms with Gasteiger partial charge in [-0.05, 0) is 12.0 Å². The molecule has 0 N–H and O–H groups in total. The molecule has 1 unspecified atom stereocenters. The van der Waals surface area contributed by atoms with Crippen LogP contribution in [0.1, 0.15) is 102 Å². The number of carbonyl (C=O) groups is 1. The van der Waals surface area contributed by atoms with Gasteiger partial charge in [0.25, 0.3) is 0 Å². The van der Waals surface area contributed by atoms with Crippen molar-refractivity contribution in [1.82, 2.24) is 4.90 Å². The second-order valence-corrected chi connectivity index (χ2v) is 9.05. The zero-order valence-electron chi connectivity index (χ0n) is 19.9. The Morgan fingerprint density at radius 2 is 1.39 bits per heavy atom. The third-order valence-corrected chi connectivity index (χ3v) is 6.15. The van der Waals surface area contributed by atoms with Gasteiger partial charge in [-0.2, -0.15) is 0 Å². The molecule has 4 heteroatoms. The Bertz CT molecular complexity index is 563. The molecule has 0 spiro atoms. The van der Waals surface area contributed by atoms with Crippen LogP contribution in [-0.2, 0) is 16.1 Å². The molecule has 1 heterocycles. The Morgan fingerprint density at radius 1 is 0.839 bits per heavy atom. The van der Waals surface area contributed by atoms with E-state index < -0.39 is 0 Å². The van der Waals surface area contributed by atoms with E-state index in [2.05, 4.69) is 6.92 Å². The van der Waals surface area contributed by atoms with Crippen LogP contribution in [0.3, 0.4) is 0 Å². The Labute approximate surface area is 190 Å². The van der Waals surface area contributed by atoms with E-state index in [0.29, 0.717) is 19.8 Å². The third kappa shape index (κ3) is 12.2. The van der Waals surface area contributed by atoms with Gasteiger partial charge >= 0.3 is 6.09 Å². The quantitative estimate of drug-likeness (QED) is 0.213. The number of unbranched alkanes of at least 4 members (excludes halogenated alkanes) is 13. The summed E-state index contributed by atoms with van der Waals surface area (Å²) in [5, 5.41) is 0. The third-order valence-electron chi connectivity index (χ3n) is 6.15. The van der Waals surface area contributed by atoms with Crippen LogP contribution in [0.2, 0.25) is 0 Å². The Morgan fingerprint density at radius 3 is 1.97 bits per heavy atom. The molecule has 1 aromatic carbocycles. The van der Waals surface area contributed by atoms with Gasteiger partial charge in [-0.1, -0.05) is 121 Å². The van der Waals surface area contributed by atoms with Gasteiger partial charge < -0.3 is 14.4 Å². The summed E-state index contributed by atoms with van der Waals surface area (Å²) in [6.45, 7) is 4.78. The highest BCUT2D eigenvalue weighted by Gasteiger charge is 2.30. The zero-order chi connectivity index (χ0) is 22.0. The topological polar surface area (TPSA) is 38.8 Å². The molecule has 1 aliphatic heterocycles. The lowest BCUT2D eigenvalue weighted by Crippen LogP contribution is -2.27. The molecule has 0 bridgehead atoms. The summed E-state index contributed by atoms with van der Waals surface area (Å²) in [6.07, 6.45) is 18.6. The molecule has 0 aromatic heterocycles. The lowest BCUT2D eigenvalue weighted by molar-refractivity contribution is 0.0381. The predicted octanol–water partition coefficient (Wildman–Crippen LogP) is 7.51. The maximum atomic E-state index is 12.0. The second kappa shape index (κ2) is 17.1. The van der Waals surface area contributed by atoms with Crippen molar-refractivity contribution < 1.29 is 14.3 Å². The molecule has 1 aromatic rings. The molecular formula is C27H45NO3. The highest BCUT2D eigenvalue weighted by Crippen LogP contribution is 2.16. The fraction of sp³-hybridized carbons (Fsp3) is 0.741. The molecule has 0 saturated carbocycles. The first kappa shape index (κ1) is 25.7. The van der Waals surface area contributed by atoms with E-state index in [1.807, 2.05) is 35.2 Å². The lowest BCUT2D eigenvalue weighted by atomic mass is 10.0. The number of hydrogen-bond donors (Lipinski definition) is 0. The summed E-state index contributed by atoms with van der Waals surface area (Å²) < 4.78 is 11.2. The molecule has 31 heavy (non-hydrogen) atoms. The zero-order valence-corrected chi connectivity index (χ0v) is 19.9. The van der Waals surface area contributed by atoms with E-state index >= 15 is 0 Å². The largest absolute Gasteiger partial charge is 0.442 e. The van der Waals surface area contributed by atoms with Gasteiger partial charge in [0.2, 0.25) is 0 Å². The Hall–Kier alpha value is -1.55. The first-order chi connectivity index (χ1) is 15.3. The molecule has 2 rings (SSSR count). The van der Waals surface area contributed by atoms with E-state index in [9.17, 15) is 4.79 Å². The fourth-order valence-corrected chi connectivity index (χ4v) is 4.22. The monoisotopic (exact) mass is 431 g/mol. The minimum absolute atomic E-state index is 0.136. The highest BCUT2D eigenvalue weighted by molar-refractivity contribution is 5.69. The SMILES string of the molecule is CCCCCCCCCCCCCCCCN1CC(COCc2ccccc2)OC1=O. The number of carbonyl (C=O) groups excluding carboxylic acids is 1. The lowest BCUT2D eigenvalue weighted by Gasteiger charge is -2.12. The molecule has 1 aliphatic rings. The summed E-state index contributed by atoms with van der Waals surface area (Å²) in [6, 6.07) is 10.1. The van der Waals surface area contributed by atoms with Crippen LogP contribution >= 0.6 is 0 Å². The average molecular weight is 432 g/mol. The van der Waals surface area contributed by atoms with Gasteiger partial charge in [0.1, 0.15) is 6.10 Å². The maximum absolute atomic E-state index is 12.0. The van der Waals surface area contributed by atoms with Crippen LogP contribution in [0.5, 0.6) is 0 Å². The van der Waals surface area contributed by atoms with Crippen molar-refractivity contribution in [2.45, 2.75) is 110 Å². The molecule has 0 aliphatic carbocycles. The molecule has 1 saturated heterocycles. The van der Waals surface area contributed by atoms with Crippen molar-refractivity contribution in [3.05, 3.63) is 35.9 Å². The predicted molar refractivity (Wildman–Crippen MR) is 128 cm³/mol. The van der Waals surface area contributed by atoms with Crippen molar-refractivity contribution in [2.24, 2.45) is 0 Å². The highest BCUT2D eigenvalue weighted by atomic mass is 16.6. The van der Waals surface area contributed by atoms with Gasteiger partial charge in [-0.15, -0.1) is 0 Å². The number of rotatable bonds is 19. The number of nitrogens with zero attached hydrogens (tertiary/aromatic N) is 1. The molecule has 0 radical (unpaired) electrons. The van der Waals surface area contributed by atoms with Crippen molar-refractivity contribution in [1.29, 1.82) is 0 Å². The van der Waals surface area contributed by atoms with Gasteiger partial charge in [0.05, 0.1) is 19.8 Å². The molecule has 1 atom stereocenters. The molecule has 176 valence electrons. The minimum Gasteiger partial charge on any atom is -0.442 e. The number of cyclic esters (lactones) is 1. The van der Waals surface area contributed by atoms with Gasteiger partial charge in [0.15, 0.2) is 0 Å². The second-order valence-electron chi connectivity index (χ2n) is 9.05. The smallest absolute Gasteiger partial charge is 0.410 e. The van der Waals surface area contributed by atoms with E-state index in [4.69, 9.17) is 9.47 Å². The van der Waals surface area contributed by atoms with Crippen LogP contribution in [0.15, 0.2) is 30.3 Å². The summed E-state index contributed by atoms with van der Waals surface area (Å²) in [5.41, 5.74) is 1.14. The standard InChI is InChI=1S/C27H45NO3/c1-2-3-4-5-6-7-8-9-10-11-12-13-14-18-21-28-22-26(31-27(28)29)24-30-23-25-19-16-15-17-20-25/h15-17,19-20,26H,2-14,18,21-24H2,1H3. The molecule has 1 amide bonds. The van der Waals surface area contributed by atoms with Crippen molar-refractivity contribution in [3.63, 3.8) is 0 Å². The summed E-state index contributed by atoms with van der Waals surface area (Å²) in [5.74, 6) is 0. The van der Waals surface area contributed by atoms with E-state index in [1.54, 1.807) is 0 Å². The number of benzene rings is 1.